The fourth-order valence-corrected chi connectivity index (χ4v) is 1.71. The lowest BCUT2D eigenvalue weighted by Crippen LogP contribution is -2.32. The van der Waals surface area contributed by atoms with Crippen molar-refractivity contribution in [2.24, 2.45) is 0 Å². The summed E-state index contributed by atoms with van der Waals surface area (Å²) in [7, 11) is 1.32. The number of hydrogen-bond donors (Lipinski definition) is 0. The molecule has 1 aromatic rings. The third-order valence-corrected chi connectivity index (χ3v) is 2.59. The predicted molar refractivity (Wildman–Crippen MR) is 57.6 cm³/mol. The van der Waals surface area contributed by atoms with Gasteiger partial charge in [-0.2, -0.15) is 5.06 Å². The Balaban J connectivity index is 2.36. The second kappa shape index (κ2) is 4.14. The molecule has 1 heterocycles. The van der Waals surface area contributed by atoms with Crippen molar-refractivity contribution in [2.45, 2.75) is 13.0 Å². The molecule has 1 saturated heterocycles. The summed E-state index contributed by atoms with van der Waals surface area (Å²) in [6.07, 6.45) is 0. The van der Waals surface area contributed by atoms with Crippen molar-refractivity contribution in [1.29, 1.82) is 0 Å². The fourth-order valence-electron chi connectivity index (χ4n) is 1.71. The highest BCUT2D eigenvalue weighted by Gasteiger charge is 2.44. The van der Waals surface area contributed by atoms with Gasteiger partial charge in [0.25, 0.3) is 5.91 Å². The SMILES string of the molecule is CON1C(=O)N(c2ccc(F)cc2)C(=O)C1C. The van der Waals surface area contributed by atoms with E-state index in [1.54, 1.807) is 6.92 Å². The van der Waals surface area contributed by atoms with Gasteiger partial charge in [-0.15, -0.1) is 0 Å². The number of halogens is 1. The number of anilines is 1. The highest BCUT2D eigenvalue weighted by atomic mass is 19.1. The maximum absolute atomic E-state index is 12.8. The van der Waals surface area contributed by atoms with Gasteiger partial charge < -0.3 is 0 Å². The highest BCUT2D eigenvalue weighted by Crippen LogP contribution is 2.24. The van der Waals surface area contributed by atoms with Crippen LogP contribution in [0.5, 0.6) is 0 Å². The molecule has 2 rings (SSSR count). The Morgan fingerprint density at radius 1 is 1.24 bits per heavy atom. The van der Waals surface area contributed by atoms with E-state index in [1.807, 2.05) is 0 Å². The van der Waals surface area contributed by atoms with E-state index in [9.17, 15) is 14.0 Å². The Morgan fingerprint density at radius 2 is 1.82 bits per heavy atom. The lowest BCUT2D eigenvalue weighted by molar-refractivity contribution is -0.133. The van der Waals surface area contributed by atoms with Crippen molar-refractivity contribution >= 4 is 17.6 Å². The molecule has 1 unspecified atom stereocenters. The van der Waals surface area contributed by atoms with E-state index < -0.39 is 23.8 Å². The fraction of sp³-hybridized carbons (Fsp3) is 0.273. The molecule has 6 heteroatoms. The Hall–Kier alpha value is -1.95. The summed E-state index contributed by atoms with van der Waals surface area (Å²) >= 11 is 0. The van der Waals surface area contributed by atoms with Gasteiger partial charge >= 0.3 is 6.03 Å². The standard InChI is InChI=1S/C11H11FN2O3/c1-7-10(15)13(11(16)14(7)17-2)9-5-3-8(12)4-6-9/h3-7H,1-2H3. The van der Waals surface area contributed by atoms with Crippen LogP contribution in [0.25, 0.3) is 0 Å². The smallest absolute Gasteiger partial charge is 0.272 e. The first kappa shape index (κ1) is 11.5. The van der Waals surface area contributed by atoms with Crippen LogP contribution in [-0.2, 0) is 9.63 Å². The molecule has 1 fully saturated rings. The van der Waals surface area contributed by atoms with Crippen LogP contribution < -0.4 is 4.90 Å². The van der Waals surface area contributed by atoms with Crippen LogP contribution in [0.3, 0.4) is 0 Å². The molecule has 0 bridgehead atoms. The Bertz CT molecular complexity index is 460. The van der Waals surface area contributed by atoms with E-state index in [1.165, 1.54) is 31.4 Å². The van der Waals surface area contributed by atoms with E-state index in [-0.39, 0.29) is 0 Å². The summed E-state index contributed by atoms with van der Waals surface area (Å²) in [5.41, 5.74) is 0.327. The van der Waals surface area contributed by atoms with E-state index >= 15 is 0 Å². The highest BCUT2D eigenvalue weighted by molar-refractivity contribution is 6.20. The van der Waals surface area contributed by atoms with Crippen LogP contribution >= 0.6 is 0 Å². The topological polar surface area (TPSA) is 49.9 Å². The van der Waals surface area contributed by atoms with Gasteiger partial charge in [0.15, 0.2) is 0 Å². The molecule has 5 nitrogen and oxygen atoms in total. The molecule has 0 aromatic heterocycles. The average Bonchev–Trinajstić information content (AvgIpc) is 2.52. The van der Waals surface area contributed by atoms with Crippen LogP contribution in [0, 0.1) is 5.82 Å². The first-order chi connectivity index (χ1) is 8.06. The molecule has 1 atom stereocenters. The zero-order valence-corrected chi connectivity index (χ0v) is 9.38. The number of hydroxylamine groups is 2. The summed E-state index contributed by atoms with van der Waals surface area (Å²) in [5.74, 6) is -0.826. The van der Waals surface area contributed by atoms with Gasteiger partial charge in [0.2, 0.25) is 0 Å². The van der Waals surface area contributed by atoms with Gasteiger partial charge in [0.05, 0.1) is 12.8 Å². The number of urea groups is 1. The Kier molecular flexibility index (Phi) is 2.81. The first-order valence-corrected chi connectivity index (χ1v) is 5.03. The zero-order chi connectivity index (χ0) is 12.6. The molecule has 17 heavy (non-hydrogen) atoms. The van der Waals surface area contributed by atoms with Crippen molar-refractivity contribution in [2.75, 3.05) is 12.0 Å². The van der Waals surface area contributed by atoms with Gasteiger partial charge in [0, 0.05) is 0 Å². The number of hydrogen-bond acceptors (Lipinski definition) is 3. The Labute approximate surface area is 97.3 Å². The quantitative estimate of drug-likeness (QED) is 0.734. The monoisotopic (exact) mass is 238 g/mol. The lowest BCUT2D eigenvalue weighted by Gasteiger charge is -2.15. The average molecular weight is 238 g/mol. The van der Waals surface area contributed by atoms with Gasteiger partial charge in [-0.1, -0.05) is 0 Å². The summed E-state index contributed by atoms with van der Waals surface area (Å²) < 4.78 is 12.8. The van der Waals surface area contributed by atoms with Crippen LogP contribution in [0.2, 0.25) is 0 Å². The van der Waals surface area contributed by atoms with Gasteiger partial charge in [-0.05, 0) is 31.2 Å². The number of rotatable bonds is 2. The normalized spacial score (nSPS) is 20.3. The maximum Gasteiger partial charge on any atom is 0.356 e. The summed E-state index contributed by atoms with van der Waals surface area (Å²) in [4.78, 5) is 29.5. The minimum Gasteiger partial charge on any atom is -0.272 e. The molecule has 3 amide bonds. The van der Waals surface area contributed by atoms with E-state index in [2.05, 4.69) is 0 Å². The van der Waals surface area contributed by atoms with Crippen molar-refractivity contribution < 1.29 is 18.8 Å². The third kappa shape index (κ3) is 1.76. The van der Waals surface area contributed by atoms with Crippen LogP contribution in [0.15, 0.2) is 24.3 Å². The second-order valence-electron chi connectivity index (χ2n) is 3.62. The molecule has 0 aliphatic carbocycles. The molecule has 1 aliphatic rings. The largest absolute Gasteiger partial charge is 0.356 e. The number of nitrogens with zero attached hydrogens (tertiary/aromatic N) is 2. The second-order valence-corrected chi connectivity index (χ2v) is 3.62. The van der Waals surface area contributed by atoms with Crippen molar-refractivity contribution in [3.63, 3.8) is 0 Å². The Morgan fingerprint density at radius 3 is 2.29 bits per heavy atom. The lowest BCUT2D eigenvalue weighted by atomic mass is 10.2. The molecule has 0 saturated carbocycles. The number of carbonyl (C=O) groups is 2. The van der Waals surface area contributed by atoms with E-state index in [4.69, 9.17) is 4.84 Å². The summed E-state index contributed by atoms with van der Waals surface area (Å²) in [6, 6.07) is 3.87. The van der Waals surface area contributed by atoms with Gasteiger partial charge in [-0.25, -0.2) is 14.1 Å². The molecular formula is C11H11FN2O3. The van der Waals surface area contributed by atoms with Crippen molar-refractivity contribution in [3.05, 3.63) is 30.1 Å². The molecule has 0 spiro atoms. The molecule has 90 valence electrons. The van der Waals surface area contributed by atoms with Crippen LogP contribution in [0.4, 0.5) is 14.9 Å². The van der Waals surface area contributed by atoms with Crippen LogP contribution in [-0.4, -0.2) is 30.2 Å². The van der Waals surface area contributed by atoms with Gasteiger partial charge in [0.1, 0.15) is 11.9 Å². The number of benzene rings is 1. The predicted octanol–water partition coefficient (Wildman–Crippen LogP) is 1.54. The van der Waals surface area contributed by atoms with E-state index in [0.717, 1.165) is 9.96 Å². The minimum absolute atomic E-state index is 0.327. The van der Waals surface area contributed by atoms with Crippen LogP contribution in [0.1, 0.15) is 6.92 Å². The third-order valence-electron chi connectivity index (χ3n) is 2.59. The zero-order valence-electron chi connectivity index (χ0n) is 9.38. The number of carbonyl (C=O) groups excluding carboxylic acids is 2. The number of imide groups is 1. The molecule has 0 radical (unpaired) electrons. The summed E-state index contributed by atoms with van der Waals surface area (Å²) in [5, 5.41) is 0.978. The molecule has 0 N–H and O–H groups in total. The molecule has 1 aromatic carbocycles. The van der Waals surface area contributed by atoms with E-state index in [0.29, 0.717) is 5.69 Å². The van der Waals surface area contributed by atoms with Gasteiger partial charge in [-0.3, -0.25) is 9.63 Å². The minimum atomic E-state index is -0.683. The van der Waals surface area contributed by atoms with Crippen molar-refractivity contribution in [3.8, 4) is 0 Å². The molecule has 1 aliphatic heterocycles. The summed E-state index contributed by atoms with van der Waals surface area (Å²) in [6.45, 7) is 1.56. The molecular weight excluding hydrogens is 227 g/mol. The van der Waals surface area contributed by atoms with Crippen molar-refractivity contribution in [1.82, 2.24) is 5.06 Å². The maximum atomic E-state index is 12.8. The number of amides is 3. The first-order valence-electron chi connectivity index (χ1n) is 5.03.